The van der Waals surface area contributed by atoms with Crippen molar-refractivity contribution in [2.75, 3.05) is 5.32 Å². The first-order valence-corrected chi connectivity index (χ1v) is 5.51. The molecule has 0 radical (unpaired) electrons. The van der Waals surface area contributed by atoms with E-state index in [1.165, 1.54) is 0 Å². The van der Waals surface area contributed by atoms with Crippen molar-refractivity contribution < 1.29 is 0 Å². The van der Waals surface area contributed by atoms with Gasteiger partial charge in [0.05, 0.1) is 10.7 Å². The highest BCUT2D eigenvalue weighted by Crippen LogP contribution is 2.32. The van der Waals surface area contributed by atoms with Gasteiger partial charge in [-0.25, -0.2) is 0 Å². The van der Waals surface area contributed by atoms with E-state index >= 15 is 0 Å². The lowest BCUT2D eigenvalue weighted by molar-refractivity contribution is 1.40. The molecule has 4 N–H and O–H groups in total. The minimum Gasteiger partial charge on any atom is -0.370 e. The first-order valence-electron chi connectivity index (χ1n) is 3.26. The van der Waals surface area contributed by atoms with E-state index in [1.807, 2.05) is 6.07 Å². The highest BCUT2D eigenvalue weighted by Gasteiger charge is 2.06. The lowest BCUT2D eigenvalue weighted by Crippen LogP contribution is -2.20. The summed E-state index contributed by atoms with van der Waals surface area (Å²) in [6.07, 6.45) is 0. The van der Waals surface area contributed by atoms with Crippen LogP contribution in [0.2, 0.25) is 5.02 Å². The normalized spacial score (nSPS) is 9.77. The summed E-state index contributed by atoms with van der Waals surface area (Å²) in [7, 11) is 0. The minimum absolute atomic E-state index is 0.135. The van der Waals surface area contributed by atoms with E-state index in [0.29, 0.717) is 10.7 Å². The number of hydrogen-bond donors (Lipinski definition) is 3. The maximum absolute atomic E-state index is 7.06. The quantitative estimate of drug-likeness (QED) is 0.402. The number of guanidine groups is 1. The number of hydrogen-bond acceptors (Lipinski definition) is 1. The zero-order valence-electron chi connectivity index (χ0n) is 6.37. The Bertz CT molecular complexity index is 333. The van der Waals surface area contributed by atoms with Crippen LogP contribution in [0.1, 0.15) is 0 Å². The molecule has 0 aliphatic carbocycles. The molecule has 0 bridgehead atoms. The Morgan fingerprint density at radius 3 is 2.69 bits per heavy atom. The molecule has 0 aliphatic rings. The van der Waals surface area contributed by atoms with Gasteiger partial charge in [-0.2, -0.15) is 0 Å². The van der Waals surface area contributed by atoms with Crippen molar-refractivity contribution in [1.82, 2.24) is 0 Å². The summed E-state index contributed by atoms with van der Waals surface area (Å²) in [5.74, 6) is -0.135. The topological polar surface area (TPSA) is 61.9 Å². The van der Waals surface area contributed by atoms with Gasteiger partial charge in [-0.15, -0.1) is 0 Å². The van der Waals surface area contributed by atoms with Gasteiger partial charge in [0, 0.05) is 8.04 Å². The number of nitrogens with one attached hydrogen (secondary N) is 2. The molecule has 0 saturated heterocycles. The number of benzene rings is 1. The molecule has 1 aromatic carbocycles. The Morgan fingerprint density at radius 1 is 1.62 bits per heavy atom. The van der Waals surface area contributed by atoms with E-state index in [0.717, 1.165) is 8.04 Å². The van der Waals surface area contributed by atoms with Crippen molar-refractivity contribution in [3.05, 3.63) is 25.2 Å². The van der Waals surface area contributed by atoms with Crippen LogP contribution in [0.5, 0.6) is 0 Å². The predicted octanol–water partition coefficient (Wildman–Crippen LogP) is 3.01. The average Bonchev–Trinajstić information content (AvgIpc) is 1.96. The summed E-state index contributed by atoms with van der Waals surface area (Å²) in [5, 5.41) is 10.2. The average molecular weight is 374 g/mol. The Morgan fingerprint density at radius 2 is 2.23 bits per heavy atom. The Kier molecular flexibility index (Phi) is 3.81. The third-order valence-electron chi connectivity index (χ3n) is 1.27. The van der Waals surface area contributed by atoms with Crippen molar-refractivity contribution in [1.29, 1.82) is 5.41 Å². The molecule has 0 heterocycles. The summed E-state index contributed by atoms with van der Waals surface area (Å²) in [5.41, 5.74) is 5.81. The number of anilines is 1. The van der Waals surface area contributed by atoms with Gasteiger partial charge < -0.3 is 11.1 Å². The van der Waals surface area contributed by atoms with E-state index in [2.05, 4.69) is 43.8 Å². The molecule has 0 spiro atoms. The predicted molar refractivity (Wildman–Crippen MR) is 67.4 cm³/mol. The van der Waals surface area contributed by atoms with Crippen LogP contribution in [0.4, 0.5) is 5.69 Å². The number of nitrogens with two attached hydrogens (primary N) is 1. The first-order chi connectivity index (χ1) is 6.00. The lowest BCUT2D eigenvalue weighted by atomic mass is 10.3. The second-order valence-corrected chi connectivity index (χ2v) is 4.79. The van der Waals surface area contributed by atoms with Gasteiger partial charge in [-0.05, 0) is 50.7 Å². The molecule has 0 aliphatic heterocycles. The summed E-state index contributed by atoms with van der Waals surface area (Å²) < 4.78 is 1.81. The smallest absolute Gasteiger partial charge is 0.190 e. The molecule has 0 amide bonds. The molecule has 13 heavy (non-hydrogen) atoms. The van der Waals surface area contributed by atoms with Gasteiger partial charge in [0.25, 0.3) is 0 Å². The Labute approximate surface area is 103 Å². The van der Waals surface area contributed by atoms with E-state index < -0.39 is 0 Å². The van der Waals surface area contributed by atoms with Crippen LogP contribution in [-0.2, 0) is 0 Å². The van der Waals surface area contributed by atoms with Crippen molar-refractivity contribution in [3.63, 3.8) is 0 Å². The third kappa shape index (κ3) is 2.99. The van der Waals surface area contributed by atoms with Crippen molar-refractivity contribution in [2.45, 2.75) is 0 Å². The fourth-order valence-corrected chi connectivity index (χ4v) is 2.97. The molecule has 1 rings (SSSR count). The standard InChI is InChI=1S/C7H6BrClIN3/c8-4-1-3(10)2-5(9)6(4)13-7(11)12/h1-2H,(H4,11,12,13). The van der Waals surface area contributed by atoms with E-state index in [4.69, 9.17) is 22.7 Å². The van der Waals surface area contributed by atoms with Crippen LogP contribution >= 0.6 is 50.1 Å². The first kappa shape index (κ1) is 11.1. The fourth-order valence-electron chi connectivity index (χ4n) is 0.796. The summed E-state index contributed by atoms with van der Waals surface area (Å²) in [6, 6.07) is 3.68. The minimum atomic E-state index is -0.135. The van der Waals surface area contributed by atoms with Gasteiger partial charge >= 0.3 is 0 Å². The Balaban J connectivity index is 3.13. The lowest BCUT2D eigenvalue weighted by Gasteiger charge is -2.08. The number of rotatable bonds is 1. The van der Waals surface area contributed by atoms with Gasteiger partial charge in [-0.1, -0.05) is 11.6 Å². The maximum atomic E-state index is 7.06. The zero-order valence-corrected chi connectivity index (χ0v) is 10.9. The zero-order chi connectivity index (χ0) is 10.0. The molecule has 0 unspecified atom stereocenters. The van der Waals surface area contributed by atoms with Crippen molar-refractivity contribution in [3.8, 4) is 0 Å². The molecule has 0 atom stereocenters. The largest absolute Gasteiger partial charge is 0.370 e. The Hall–Kier alpha value is -0.0100. The van der Waals surface area contributed by atoms with E-state index in [9.17, 15) is 0 Å². The molecule has 0 fully saturated rings. The van der Waals surface area contributed by atoms with E-state index in [-0.39, 0.29) is 5.96 Å². The highest BCUT2D eigenvalue weighted by atomic mass is 127. The van der Waals surface area contributed by atoms with Gasteiger partial charge in [0.15, 0.2) is 5.96 Å². The second-order valence-electron chi connectivity index (χ2n) is 2.28. The molecule has 1 aromatic rings. The molecular formula is C7H6BrClIN3. The van der Waals surface area contributed by atoms with Crippen LogP contribution in [-0.4, -0.2) is 5.96 Å². The van der Waals surface area contributed by atoms with Crippen LogP contribution in [0.3, 0.4) is 0 Å². The van der Waals surface area contributed by atoms with Gasteiger partial charge in [-0.3, -0.25) is 5.41 Å². The molecule has 3 nitrogen and oxygen atoms in total. The van der Waals surface area contributed by atoms with Crippen molar-refractivity contribution >= 4 is 61.8 Å². The molecule has 70 valence electrons. The molecular weight excluding hydrogens is 368 g/mol. The maximum Gasteiger partial charge on any atom is 0.190 e. The third-order valence-corrected chi connectivity index (χ3v) is 2.81. The molecule has 0 aromatic heterocycles. The van der Waals surface area contributed by atoms with Crippen LogP contribution in [0.25, 0.3) is 0 Å². The highest BCUT2D eigenvalue weighted by molar-refractivity contribution is 14.1. The fraction of sp³-hybridized carbons (Fsp3) is 0. The molecule has 6 heteroatoms. The second kappa shape index (κ2) is 4.47. The van der Waals surface area contributed by atoms with Crippen LogP contribution < -0.4 is 11.1 Å². The van der Waals surface area contributed by atoms with Crippen molar-refractivity contribution in [2.24, 2.45) is 5.73 Å². The SMILES string of the molecule is N=C(N)Nc1c(Cl)cc(I)cc1Br. The summed E-state index contributed by atoms with van der Waals surface area (Å²) in [6.45, 7) is 0. The van der Waals surface area contributed by atoms with E-state index in [1.54, 1.807) is 6.07 Å². The van der Waals surface area contributed by atoms with Crippen LogP contribution in [0.15, 0.2) is 16.6 Å². The number of halogens is 3. The monoisotopic (exact) mass is 373 g/mol. The summed E-state index contributed by atoms with van der Waals surface area (Å²) >= 11 is 11.4. The van der Waals surface area contributed by atoms with Crippen LogP contribution in [0, 0.1) is 8.98 Å². The summed E-state index contributed by atoms with van der Waals surface area (Å²) in [4.78, 5) is 0. The van der Waals surface area contributed by atoms with Gasteiger partial charge in [0.1, 0.15) is 0 Å². The molecule has 0 saturated carbocycles. The van der Waals surface area contributed by atoms with Gasteiger partial charge in [0.2, 0.25) is 0 Å².